The Kier molecular flexibility index (Phi) is 6.22. The van der Waals surface area contributed by atoms with Gasteiger partial charge in [-0.1, -0.05) is 0 Å². The van der Waals surface area contributed by atoms with Gasteiger partial charge in [0.2, 0.25) is 0 Å². The van der Waals surface area contributed by atoms with Crippen LogP contribution in [-0.2, 0) is 16.6 Å². The van der Waals surface area contributed by atoms with Gasteiger partial charge in [-0.25, -0.2) is 13.4 Å². The van der Waals surface area contributed by atoms with E-state index in [0.29, 0.717) is 13.1 Å². The van der Waals surface area contributed by atoms with E-state index in [1.807, 2.05) is 25.3 Å². The molecule has 2 atom stereocenters. The Balaban J connectivity index is 0.00000220. The van der Waals surface area contributed by atoms with Crippen molar-refractivity contribution in [2.75, 3.05) is 13.1 Å². The Morgan fingerprint density at radius 2 is 2.19 bits per heavy atom. The standard InChI is InChI=1S/C13H24N4O2S.ClH/c1-4-16-9-13(15-11(16)3)20(18,19)17-7-5-6-12(8-17)10(2)14;/h9-10,12H,4-8,14H2,1-3H3;1H. The third kappa shape index (κ3) is 3.77. The van der Waals surface area contributed by atoms with Crippen LogP contribution >= 0.6 is 12.4 Å². The number of rotatable bonds is 4. The fraction of sp³-hybridized carbons (Fsp3) is 0.769. The maximum Gasteiger partial charge on any atom is 0.262 e. The van der Waals surface area contributed by atoms with Crippen molar-refractivity contribution in [3.05, 3.63) is 12.0 Å². The highest BCUT2D eigenvalue weighted by Gasteiger charge is 2.33. The predicted molar refractivity (Wildman–Crippen MR) is 85.0 cm³/mol. The second kappa shape index (κ2) is 7.09. The normalized spacial score (nSPS) is 21.8. The van der Waals surface area contributed by atoms with Gasteiger partial charge in [0.15, 0.2) is 5.03 Å². The highest BCUT2D eigenvalue weighted by atomic mass is 35.5. The fourth-order valence-corrected chi connectivity index (χ4v) is 4.21. The Bertz CT molecular complexity index is 571. The molecule has 0 radical (unpaired) electrons. The molecule has 2 N–H and O–H groups in total. The topological polar surface area (TPSA) is 81.2 Å². The number of hydrogen-bond donors (Lipinski definition) is 1. The maximum atomic E-state index is 12.6. The zero-order valence-electron chi connectivity index (χ0n) is 12.8. The van der Waals surface area contributed by atoms with Crippen molar-refractivity contribution in [2.45, 2.75) is 51.2 Å². The van der Waals surface area contributed by atoms with Crippen molar-refractivity contribution in [1.29, 1.82) is 0 Å². The molecule has 2 unspecified atom stereocenters. The van der Waals surface area contributed by atoms with Gasteiger partial charge >= 0.3 is 0 Å². The summed E-state index contributed by atoms with van der Waals surface area (Å²) in [6, 6.07) is 0.0166. The van der Waals surface area contributed by atoms with Crippen molar-refractivity contribution in [2.24, 2.45) is 11.7 Å². The predicted octanol–water partition coefficient (Wildman–Crippen LogP) is 1.38. The molecule has 2 heterocycles. The van der Waals surface area contributed by atoms with E-state index in [1.54, 1.807) is 6.20 Å². The van der Waals surface area contributed by atoms with Crippen LogP contribution in [-0.4, -0.2) is 41.4 Å². The van der Waals surface area contributed by atoms with E-state index in [2.05, 4.69) is 4.98 Å². The van der Waals surface area contributed by atoms with E-state index in [9.17, 15) is 8.42 Å². The van der Waals surface area contributed by atoms with Crippen molar-refractivity contribution >= 4 is 22.4 Å². The zero-order chi connectivity index (χ0) is 14.9. The lowest BCUT2D eigenvalue weighted by atomic mass is 9.93. The van der Waals surface area contributed by atoms with Crippen molar-refractivity contribution in [3.63, 3.8) is 0 Å². The quantitative estimate of drug-likeness (QED) is 0.900. The number of nitrogens with zero attached hydrogens (tertiary/aromatic N) is 3. The van der Waals surface area contributed by atoms with Crippen LogP contribution in [0.15, 0.2) is 11.2 Å². The fourth-order valence-electron chi connectivity index (χ4n) is 2.68. The molecule has 2 rings (SSSR count). The van der Waals surface area contributed by atoms with Gasteiger partial charge in [-0.3, -0.25) is 0 Å². The number of piperidine rings is 1. The van der Waals surface area contributed by atoms with E-state index in [1.165, 1.54) is 4.31 Å². The molecular weight excluding hydrogens is 312 g/mol. The Labute approximate surface area is 133 Å². The van der Waals surface area contributed by atoms with Gasteiger partial charge in [-0.15, -0.1) is 12.4 Å². The number of halogens is 1. The number of hydrogen-bond acceptors (Lipinski definition) is 4. The summed E-state index contributed by atoms with van der Waals surface area (Å²) < 4.78 is 28.7. The molecule has 8 heteroatoms. The number of aromatic nitrogens is 2. The average Bonchev–Trinajstić information content (AvgIpc) is 2.81. The lowest BCUT2D eigenvalue weighted by molar-refractivity contribution is 0.242. The van der Waals surface area contributed by atoms with Crippen LogP contribution in [0.25, 0.3) is 0 Å². The molecule has 1 aliphatic heterocycles. The van der Waals surface area contributed by atoms with Gasteiger partial charge in [0.1, 0.15) is 5.82 Å². The van der Waals surface area contributed by atoms with E-state index in [4.69, 9.17) is 5.73 Å². The molecule has 0 aliphatic carbocycles. The molecule has 1 fully saturated rings. The van der Waals surface area contributed by atoms with Gasteiger partial charge < -0.3 is 10.3 Å². The molecule has 21 heavy (non-hydrogen) atoms. The van der Waals surface area contributed by atoms with Gasteiger partial charge in [-0.05, 0) is 39.5 Å². The van der Waals surface area contributed by atoms with E-state index < -0.39 is 10.0 Å². The van der Waals surface area contributed by atoms with Crippen molar-refractivity contribution < 1.29 is 8.42 Å². The zero-order valence-corrected chi connectivity index (χ0v) is 14.5. The average molecular weight is 337 g/mol. The first-order valence-electron chi connectivity index (χ1n) is 7.15. The monoisotopic (exact) mass is 336 g/mol. The van der Waals surface area contributed by atoms with Crippen LogP contribution in [0.3, 0.4) is 0 Å². The molecule has 122 valence electrons. The highest BCUT2D eigenvalue weighted by Crippen LogP contribution is 2.24. The molecule has 0 amide bonds. The summed E-state index contributed by atoms with van der Waals surface area (Å²) in [7, 11) is -3.49. The number of sulfonamides is 1. The Hall–Kier alpha value is -0.630. The van der Waals surface area contributed by atoms with E-state index >= 15 is 0 Å². The van der Waals surface area contributed by atoms with Crippen LogP contribution in [0.4, 0.5) is 0 Å². The summed E-state index contributed by atoms with van der Waals surface area (Å²) in [4.78, 5) is 4.20. The smallest absolute Gasteiger partial charge is 0.262 e. The van der Waals surface area contributed by atoms with Gasteiger partial charge in [0.05, 0.1) is 0 Å². The first-order chi connectivity index (χ1) is 9.36. The summed E-state index contributed by atoms with van der Waals surface area (Å²) in [6.07, 6.45) is 3.48. The third-order valence-electron chi connectivity index (χ3n) is 4.06. The minimum absolute atomic E-state index is 0. The number of aryl methyl sites for hydroxylation is 2. The molecule has 0 aromatic carbocycles. The highest BCUT2D eigenvalue weighted by molar-refractivity contribution is 7.89. The molecule has 1 saturated heterocycles. The van der Waals surface area contributed by atoms with Crippen molar-refractivity contribution in [1.82, 2.24) is 13.9 Å². The number of imidazole rings is 1. The van der Waals surface area contributed by atoms with Crippen LogP contribution in [0, 0.1) is 12.8 Å². The molecule has 0 bridgehead atoms. The molecule has 1 aromatic rings. The van der Waals surface area contributed by atoms with Gasteiger partial charge in [0, 0.05) is 31.9 Å². The molecule has 1 aromatic heterocycles. The largest absolute Gasteiger partial charge is 0.334 e. The first-order valence-corrected chi connectivity index (χ1v) is 8.59. The molecule has 1 aliphatic rings. The minimum atomic E-state index is -3.49. The van der Waals surface area contributed by atoms with Crippen LogP contribution < -0.4 is 5.73 Å². The SMILES string of the molecule is CCn1cc(S(=O)(=O)N2CCCC(C(C)N)C2)nc1C.Cl. The molecular formula is C13H25ClN4O2S. The Morgan fingerprint density at radius 3 is 2.71 bits per heavy atom. The summed E-state index contributed by atoms with van der Waals surface area (Å²) in [5.41, 5.74) is 5.92. The number of nitrogens with two attached hydrogens (primary N) is 1. The first kappa shape index (κ1) is 18.4. The molecule has 0 saturated carbocycles. The van der Waals surface area contributed by atoms with Crippen molar-refractivity contribution in [3.8, 4) is 0 Å². The van der Waals surface area contributed by atoms with E-state index in [0.717, 1.165) is 25.2 Å². The maximum absolute atomic E-state index is 12.6. The molecule has 6 nitrogen and oxygen atoms in total. The van der Waals surface area contributed by atoms with Crippen LogP contribution in [0.5, 0.6) is 0 Å². The summed E-state index contributed by atoms with van der Waals surface area (Å²) in [5, 5.41) is 0.155. The summed E-state index contributed by atoms with van der Waals surface area (Å²) in [5.74, 6) is 0.958. The summed E-state index contributed by atoms with van der Waals surface area (Å²) in [6.45, 7) is 7.51. The van der Waals surface area contributed by atoms with Gasteiger partial charge in [0.25, 0.3) is 10.0 Å². The lowest BCUT2D eigenvalue weighted by Gasteiger charge is -2.33. The minimum Gasteiger partial charge on any atom is -0.334 e. The van der Waals surface area contributed by atoms with E-state index in [-0.39, 0.29) is 29.4 Å². The Morgan fingerprint density at radius 1 is 1.52 bits per heavy atom. The van der Waals surface area contributed by atoms with Crippen LogP contribution in [0.1, 0.15) is 32.5 Å². The third-order valence-corrected chi connectivity index (χ3v) is 5.80. The lowest BCUT2D eigenvalue weighted by Crippen LogP contribution is -2.45. The second-order valence-electron chi connectivity index (χ2n) is 5.54. The molecule has 0 spiro atoms. The second-order valence-corrected chi connectivity index (χ2v) is 7.42. The summed E-state index contributed by atoms with van der Waals surface area (Å²) >= 11 is 0. The van der Waals surface area contributed by atoms with Crippen LogP contribution in [0.2, 0.25) is 0 Å². The van der Waals surface area contributed by atoms with Gasteiger partial charge in [-0.2, -0.15) is 4.31 Å².